The number of hydrogen-bond acceptors (Lipinski definition) is 6. The number of hydrogen-bond donors (Lipinski definition) is 2. The molecule has 0 fully saturated rings. The van der Waals surface area contributed by atoms with E-state index in [1.165, 1.54) is 6.33 Å². The van der Waals surface area contributed by atoms with Crippen molar-refractivity contribution >= 4 is 27.3 Å². The van der Waals surface area contributed by atoms with Gasteiger partial charge in [0.15, 0.2) is 0 Å². The molecular formula is C14H16BrN7. The minimum absolute atomic E-state index is 0.621. The van der Waals surface area contributed by atoms with Gasteiger partial charge < -0.3 is 11.5 Å². The Morgan fingerprint density at radius 1 is 1.00 bits per heavy atom. The second-order valence-corrected chi connectivity index (χ2v) is 5.40. The number of nitrogens with two attached hydrogens (primary N) is 2. The van der Waals surface area contributed by atoms with Gasteiger partial charge in [0.2, 0.25) is 0 Å². The summed E-state index contributed by atoms with van der Waals surface area (Å²) in [5.74, 6) is 0. The molecule has 3 aromatic heterocycles. The van der Waals surface area contributed by atoms with Crippen LogP contribution in [0.2, 0.25) is 0 Å². The molecule has 7 nitrogen and oxygen atoms in total. The predicted molar refractivity (Wildman–Crippen MR) is 89.4 cm³/mol. The highest BCUT2D eigenvalue weighted by molar-refractivity contribution is 9.10. The molecule has 0 radical (unpaired) electrons. The van der Waals surface area contributed by atoms with Crippen molar-refractivity contribution in [3.05, 3.63) is 53.0 Å². The molecule has 0 saturated carbocycles. The lowest BCUT2D eigenvalue weighted by Gasteiger charge is -2.04. The van der Waals surface area contributed by atoms with Gasteiger partial charge in [-0.15, -0.1) is 0 Å². The fraction of sp³-hybridized carbons (Fsp3) is 0.143. The first-order chi connectivity index (χ1) is 10.5. The van der Waals surface area contributed by atoms with Crippen LogP contribution in [0.3, 0.4) is 0 Å². The molecule has 4 N–H and O–H groups in total. The molecule has 0 amide bonds. The van der Waals surface area contributed by atoms with E-state index in [0.717, 1.165) is 21.5 Å². The Bertz CT molecular complexity index is 756. The average Bonchev–Trinajstić information content (AvgIpc) is 3.01. The van der Waals surface area contributed by atoms with E-state index in [1.54, 1.807) is 23.4 Å². The third-order valence-electron chi connectivity index (χ3n) is 2.79. The first kappa shape index (κ1) is 15.9. The standard InChI is InChI=1S/C8H9N5.C6H7BrN2/c1-6-8(2-7(9)3-11-6)13-5-10-4-12-13;1-4-6(7)2-5(8)3-9-4/h2-5H,9H2,1H3;2-3H,8H2,1H3. The van der Waals surface area contributed by atoms with Crippen LogP contribution in [0, 0.1) is 13.8 Å². The number of aryl methyl sites for hydroxylation is 2. The fourth-order valence-electron chi connectivity index (χ4n) is 1.62. The van der Waals surface area contributed by atoms with Crippen molar-refractivity contribution in [2.75, 3.05) is 11.5 Å². The Kier molecular flexibility index (Phi) is 5.05. The smallest absolute Gasteiger partial charge is 0.138 e. The van der Waals surface area contributed by atoms with Gasteiger partial charge in [0.05, 0.1) is 40.8 Å². The topological polar surface area (TPSA) is 109 Å². The molecule has 0 bridgehead atoms. The largest absolute Gasteiger partial charge is 0.397 e. The van der Waals surface area contributed by atoms with E-state index in [4.69, 9.17) is 11.5 Å². The van der Waals surface area contributed by atoms with Gasteiger partial charge in [-0.2, -0.15) is 5.10 Å². The lowest BCUT2D eigenvalue weighted by atomic mass is 10.3. The van der Waals surface area contributed by atoms with E-state index in [9.17, 15) is 0 Å². The van der Waals surface area contributed by atoms with Crippen molar-refractivity contribution in [2.24, 2.45) is 0 Å². The van der Waals surface area contributed by atoms with Crippen molar-refractivity contribution in [3.8, 4) is 5.69 Å². The Morgan fingerprint density at radius 3 is 2.18 bits per heavy atom. The van der Waals surface area contributed by atoms with Crippen LogP contribution in [0.15, 0.2) is 41.7 Å². The van der Waals surface area contributed by atoms with E-state index >= 15 is 0 Å². The molecule has 0 spiro atoms. The van der Waals surface area contributed by atoms with Gasteiger partial charge in [0.25, 0.3) is 0 Å². The van der Waals surface area contributed by atoms with Gasteiger partial charge in [-0.1, -0.05) is 0 Å². The third kappa shape index (κ3) is 4.01. The lowest BCUT2D eigenvalue weighted by Crippen LogP contribution is -2.00. The van der Waals surface area contributed by atoms with Crippen LogP contribution in [0.5, 0.6) is 0 Å². The van der Waals surface area contributed by atoms with Crippen LogP contribution in [0.4, 0.5) is 11.4 Å². The summed E-state index contributed by atoms with van der Waals surface area (Å²) in [6.45, 7) is 3.82. The Balaban J connectivity index is 0.000000172. The fourth-order valence-corrected chi connectivity index (χ4v) is 1.99. The van der Waals surface area contributed by atoms with Crippen molar-refractivity contribution < 1.29 is 0 Å². The molecule has 3 aromatic rings. The van der Waals surface area contributed by atoms with Crippen LogP contribution in [0.25, 0.3) is 5.69 Å². The van der Waals surface area contributed by atoms with Crippen LogP contribution < -0.4 is 11.5 Å². The number of pyridine rings is 2. The van der Waals surface area contributed by atoms with Gasteiger partial charge >= 0.3 is 0 Å². The van der Waals surface area contributed by atoms with Gasteiger partial charge in [0, 0.05) is 4.47 Å². The summed E-state index contributed by atoms with van der Waals surface area (Å²) in [4.78, 5) is 12.0. The Hall–Kier alpha value is -2.48. The second kappa shape index (κ2) is 6.99. The highest BCUT2D eigenvalue weighted by Crippen LogP contribution is 2.15. The summed E-state index contributed by atoms with van der Waals surface area (Å²) in [5.41, 5.74) is 15.0. The van der Waals surface area contributed by atoms with Crippen LogP contribution in [-0.4, -0.2) is 24.7 Å². The maximum Gasteiger partial charge on any atom is 0.138 e. The minimum Gasteiger partial charge on any atom is -0.397 e. The molecule has 3 heterocycles. The summed E-state index contributed by atoms with van der Waals surface area (Å²) < 4.78 is 2.60. The van der Waals surface area contributed by atoms with Crippen molar-refractivity contribution in [2.45, 2.75) is 13.8 Å². The van der Waals surface area contributed by atoms with Crippen LogP contribution >= 0.6 is 15.9 Å². The average molecular weight is 362 g/mol. The number of anilines is 2. The first-order valence-corrected chi connectivity index (χ1v) is 7.21. The molecule has 0 aliphatic carbocycles. The number of halogens is 1. The number of aromatic nitrogens is 5. The highest BCUT2D eigenvalue weighted by Gasteiger charge is 2.02. The zero-order valence-electron chi connectivity index (χ0n) is 12.2. The molecular weight excluding hydrogens is 346 g/mol. The molecule has 8 heteroatoms. The highest BCUT2D eigenvalue weighted by atomic mass is 79.9. The maximum atomic E-state index is 5.61. The summed E-state index contributed by atoms with van der Waals surface area (Å²) >= 11 is 3.30. The molecule has 0 aromatic carbocycles. The molecule has 114 valence electrons. The summed E-state index contributed by atoms with van der Waals surface area (Å²) in [5, 5.41) is 4.00. The summed E-state index contributed by atoms with van der Waals surface area (Å²) in [6.07, 6.45) is 6.35. The van der Waals surface area contributed by atoms with E-state index in [-0.39, 0.29) is 0 Å². The molecule has 22 heavy (non-hydrogen) atoms. The normalized spacial score (nSPS) is 9.95. The van der Waals surface area contributed by atoms with Gasteiger partial charge in [-0.25, -0.2) is 9.67 Å². The van der Waals surface area contributed by atoms with Crippen molar-refractivity contribution in [3.63, 3.8) is 0 Å². The zero-order chi connectivity index (χ0) is 16.1. The predicted octanol–water partition coefficient (Wildman–Crippen LogP) is 2.29. The number of nitrogens with zero attached hydrogens (tertiary/aromatic N) is 5. The molecule has 0 atom stereocenters. The SMILES string of the molecule is Cc1ncc(N)cc1-n1cncn1.Cc1ncc(N)cc1Br. The first-order valence-electron chi connectivity index (χ1n) is 6.42. The van der Waals surface area contributed by atoms with Crippen molar-refractivity contribution in [1.82, 2.24) is 24.7 Å². The molecule has 0 aliphatic rings. The quantitative estimate of drug-likeness (QED) is 0.688. The molecule has 0 saturated heterocycles. The Morgan fingerprint density at radius 2 is 1.64 bits per heavy atom. The number of nitrogen functional groups attached to an aromatic ring is 2. The molecule has 0 unspecified atom stereocenters. The van der Waals surface area contributed by atoms with Gasteiger partial charge in [0.1, 0.15) is 12.7 Å². The zero-order valence-corrected chi connectivity index (χ0v) is 13.8. The van der Waals surface area contributed by atoms with Gasteiger partial charge in [-0.3, -0.25) is 9.97 Å². The van der Waals surface area contributed by atoms with Crippen LogP contribution in [0.1, 0.15) is 11.4 Å². The lowest BCUT2D eigenvalue weighted by molar-refractivity contribution is 0.861. The maximum absolute atomic E-state index is 5.61. The number of rotatable bonds is 1. The monoisotopic (exact) mass is 361 g/mol. The summed E-state index contributed by atoms with van der Waals surface area (Å²) in [6, 6.07) is 3.65. The van der Waals surface area contributed by atoms with E-state index in [0.29, 0.717) is 11.4 Å². The van der Waals surface area contributed by atoms with Gasteiger partial charge in [-0.05, 0) is 41.9 Å². The Labute approximate surface area is 136 Å². The second-order valence-electron chi connectivity index (χ2n) is 4.55. The van der Waals surface area contributed by atoms with Crippen LogP contribution in [-0.2, 0) is 0 Å². The third-order valence-corrected chi connectivity index (χ3v) is 3.60. The van der Waals surface area contributed by atoms with E-state index < -0.39 is 0 Å². The van der Waals surface area contributed by atoms with E-state index in [1.807, 2.05) is 26.0 Å². The summed E-state index contributed by atoms with van der Waals surface area (Å²) in [7, 11) is 0. The molecule has 3 rings (SSSR count). The molecule has 0 aliphatic heterocycles. The minimum atomic E-state index is 0.621. The van der Waals surface area contributed by atoms with E-state index in [2.05, 4.69) is 36.0 Å². The van der Waals surface area contributed by atoms with Crippen molar-refractivity contribution in [1.29, 1.82) is 0 Å².